The van der Waals surface area contributed by atoms with E-state index in [9.17, 15) is 14.4 Å². The van der Waals surface area contributed by atoms with Crippen molar-refractivity contribution in [3.8, 4) is 0 Å². The van der Waals surface area contributed by atoms with E-state index in [1.54, 1.807) is 18.4 Å². The van der Waals surface area contributed by atoms with E-state index in [1.807, 2.05) is 6.92 Å². The Bertz CT molecular complexity index is 620. The molecular weight excluding hydrogens is 310 g/mol. The van der Waals surface area contributed by atoms with Gasteiger partial charge in [0.15, 0.2) is 0 Å². The summed E-state index contributed by atoms with van der Waals surface area (Å²) in [7, 11) is 0. The van der Waals surface area contributed by atoms with Crippen molar-refractivity contribution in [1.29, 1.82) is 0 Å². The van der Waals surface area contributed by atoms with Gasteiger partial charge in [-0.15, -0.1) is 0 Å². The Morgan fingerprint density at radius 2 is 2.17 bits per heavy atom. The van der Waals surface area contributed by atoms with Crippen LogP contribution in [-0.4, -0.2) is 34.8 Å². The van der Waals surface area contributed by atoms with Gasteiger partial charge in [0, 0.05) is 13.0 Å². The molecule has 0 bridgehead atoms. The van der Waals surface area contributed by atoms with Crippen LogP contribution in [0.1, 0.15) is 57.3 Å². The minimum absolute atomic E-state index is 0.124. The average molecular weight is 333 g/mol. The van der Waals surface area contributed by atoms with Gasteiger partial charge >= 0.3 is 6.03 Å². The van der Waals surface area contributed by atoms with Crippen LogP contribution in [0, 0.1) is 0 Å². The quantitative estimate of drug-likeness (QED) is 0.780. The number of hydrogen-bond acceptors (Lipinski definition) is 4. The SMILES string of the molecule is C[C@H](NC(=O)CCCN1C(=O)NC2(CCCC2)C1=O)c1ccco1. The van der Waals surface area contributed by atoms with Crippen molar-refractivity contribution >= 4 is 17.8 Å². The van der Waals surface area contributed by atoms with Crippen molar-refractivity contribution in [3.63, 3.8) is 0 Å². The standard InChI is InChI=1S/C17H23N3O4/c1-12(13-6-5-11-24-13)18-14(21)7-4-10-20-15(22)17(19-16(20)23)8-2-3-9-17/h5-6,11-12H,2-4,7-10H2,1H3,(H,18,21)(H,19,23)/t12-/m0/s1. The number of rotatable bonds is 6. The van der Waals surface area contributed by atoms with Crippen LogP contribution in [0.25, 0.3) is 0 Å². The molecule has 2 N–H and O–H groups in total. The van der Waals surface area contributed by atoms with E-state index in [1.165, 1.54) is 4.90 Å². The van der Waals surface area contributed by atoms with Gasteiger partial charge in [-0.1, -0.05) is 12.8 Å². The third-order valence-electron chi connectivity index (χ3n) is 4.84. The molecule has 1 aliphatic heterocycles. The normalized spacial score (nSPS) is 20.5. The Balaban J connectivity index is 1.45. The molecule has 130 valence electrons. The monoisotopic (exact) mass is 333 g/mol. The molecule has 24 heavy (non-hydrogen) atoms. The number of hydrogen-bond donors (Lipinski definition) is 2. The molecule has 7 heteroatoms. The number of carbonyl (C=O) groups excluding carboxylic acids is 3. The molecule has 0 unspecified atom stereocenters. The number of nitrogens with one attached hydrogen (secondary N) is 2. The Labute approximate surface area is 140 Å². The third kappa shape index (κ3) is 3.16. The minimum Gasteiger partial charge on any atom is -0.467 e. The second-order valence-electron chi connectivity index (χ2n) is 6.58. The van der Waals surface area contributed by atoms with E-state index < -0.39 is 5.54 Å². The van der Waals surface area contributed by atoms with Gasteiger partial charge in [0.2, 0.25) is 5.91 Å². The Hall–Kier alpha value is -2.31. The maximum atomic E-state index is 12.5. The molecule has 1 saturated heterocycles. The lowest BCUT2D eigenvalue weighted by Gasteiger charge is -2.20. The highest BCUT2D eigenvalue weighted by molar-refractivity contribution is 6.07. The van der Waals surface area contributed by atoms with Crippen LogP contribution in [0.4, 0.5) is 4.79 Å². The van der Waals surface area contributed by atoms with Crippen LogP contribution in [0.2, 0.25) is 0 Å². The lowest BCUT2D eigenvalue weighted by Crippen LogP contribution is -2.44. The number of urea groups is 1. The average Bonchev–Trinajstić information content (AvgIpc) is 3.26. The van der Waals surface area contributed by atoms with Gasteiger partial charge in [-0.05, 0) is 38.3 Å². The van der Waals surface area contributed by atoms with E-state index >= 15 is 0 Å². The van der Waals surface area contributed by atoms with Crippen molar-refractivity contribution in [3.05, 3.63) is 24.2 Å². The van der Waals surface area contributed by atoms with Crippen LogP contribution in [-0.2, 0) is 9.59 Å². The summed E-state index contributed by atoms with van der Waals surface area (Å²) in [6, 6.07) is 3.05. The number of carbonyl (C=O) groups is 3. The van der Waals surface area contributed by atoms with Gasteiger partial charge in [-0.3, -0.25) is 14.5 Å². The van der Waals surface area contributed by atoms with Crippen LogP contribution in [0.3, 0.4) is 0 Å². The predicted molar refractivity (Wildman–Crippen MR) is 85.9 cm³/mol. The zero-order chi connectivity index (χ0) is 17.2. The molecule has 1 aromatic rings. The van der Waals surface area contributed by atoms with Crippen LogP contribution in [0.15, 0.2) is 22.8 Å². The third-order valence-corrected chi connectivity index (χ3v) is 4.84. The minimum atomic E-state index is -0.673. The molecule has 0 radical (unpaired) electrons. The number of nitrogens with zero attached hydrogens (tertiary/aromatic N) is 1. The molecule has 1 aromatic heterocycles. The summed E-state index contributed by atoms with van der Waals surface area (Å²) in [5.74, 6) is 0.441. The van der Waals surface area contributed by atoms with Gasteiger partial charge in [-0.25, -0.2) is 4.79 Å². The molecule has 1 spiro atoms. The molecule has 1 saturated carbocycles. The van der Waals surface area contributed by atoms with E-state index in [-0.39, 0.29) is 36.9 Å². The summed E-state index contributed by atoms with van der Waals surface area (Å²) in [6.45, 7) is 2.12. The molecule has 1 atom stereocenters. The summed E-state index contributed by atoms with van der Waals surface area (Å²) >= 11 is 0. The molecule has 2 fully saturated rings. The van der Waals surface area contributed by atoms with Crippen molar-refractivity contribution in [2.75, 3.05) is 6.54 Å². The van der Waals surface area contributed by atoms with Crippen molar-refractivity contribution in [1.82, 2.24) is 15.5 Å². The molecular formula is C17H23N3O4. The van der Waals surface area contributed by atoms with Crippen LogP contribution >= 0.6 is 0 Å². The Kier molecular flexibility index (Phi) is 4.59. The topological polar surface area (TPSA) is 91.7 Å². The van der Waals surface area contributed by atoms with Crippen molar-refractivity contribution in [2.45, 2.75) is 57.0 Å². The fourth-order valence-corrected chi connectivity index (χ4v) is 3.52. The molecule has 4 amide bonds. The highest BCUT2D eigenvalue weighted by atomic mass is 16.3. The van der Waals surface area contributed by atoms with Crippen molar-refractivity contribution < 1.29 is 18.8 Å². The van der Waals surface area contributed by atoms with Gasteiger partial charge in [0.25, 0.3) is 5.91 Å². The summed E-state index contributed by atoms with van der Waals surface area (Å²) in [4.78, 5) is 37.8. The lowest BCUT2D eigenvalue weighted by atomic mass is 9.98. The zero-order valence-corrected chi connectivity index (χ0v) is 13.8. The fourth-order valence-electron chi connectivity index (χ4n) is 3.52. The van der Waals surface area contributed by atoms with Gasteiger partial charge < -0.3 is 15.1 Å². The van der Waals surface area contributed by atoms with Crippen LogP contribution < -0.4 is 10.6 Å². The Morgan fingerprint density at radius 3 is 2.83 bits per heavy atom. The van der Waals surface area contributed by atoms with Gasteiger partial charge in [0.1, 0.15) is 11.3 Å². The van der Waals surface area contributed by atoms with Gasteiger partial charge in [0.05, 0.1) is 12.3 Å². The maximum absolute atomic E-state index is 12.5. The zero-order valence-electron chi connectivity index (χ0n) is 13.8. The summed E-state index contributed by atoms with van der Waals surface area (Å²) in [5.41, 5.74) is -0.673. The molecule has 3 rings (SSSR count). The first kappa shape index (κ1) is 16.5. The molecule has 1 aliphatic carbocycles. The number of amides is 4. The summed E-state index contributed by atoms with van der Waals surface area (Å²) < 4.78 is 5.24. The number of imide groups is 1. The number of furan rings is 1. The molecule has 2 aliphatic rings. The first-order valence-corrected chi connectivity index (χ1v) is 8.49. The van der Waals surface area contributed by atoms with Crippen LogP contribution in [0.5, 0.6) is 0 Å². The largest absolute Gasteiger partial charge is 0.467 e. The van der Waals surface area contributed by atoms with E-state index in [0.717, 1.165) is 25.7 Å². The molecule has 0 aromatic carbocycles. The first-order chi connectivity index (χ1) is 11.5. The predicted octanol–water partition coefficient (Wildman–Crippen LogP) is 2.10. The fraction of sp³-hybridized carbons (Fsp3) is 0.588. The smallest absolute Gasteiger partial charge is 0.325 e. The highest BCUT2D eigenvalue weighted by Gasteiger charge is 2.51. The lowest BCUT2D eigenvalue weighted by molar-refractivity contribution is -0.131. The molecule has 2 heterocycles. The van der Waals surface area contributed by atoms with Crippen molar-refractivity contribution in [2.24, 2.45) is 0 Å². The first-order valence-electron chi connectivity index (χ1n) is 8.49. The molecule has 7 nitrogen and oxygen atoms in total. The summed E-state index contributed by atoms with van der Waals surface area (Å²) in [6.07, 6.45) is 5.64. The van der Waals surface area contributed by atoms with E-state index in [0.29, 0.717) is 12.2 Å². The highest BCUT2D eigenvalue weighted by Crippen LogP contribution is 2.35. The van der Waals surface area contributed by atoms with Gasteiger partial charge in [-0.2, -0.15) is 0 Å². The maximum Gasteiger partial charge on any atom is 0.325 e. The van der Waals surface area contributed by atoms with E-state index in [2.05, 4.69) is 10.6 Å². The summed E-state index contributed by atoms with van der Waals surface area (Å²) in [5, 5.41) is 5.68. The van der Waals surface area contributed by atoms with E-state index in [4.69, 9.17) is 4.42 Å². The second kappa shape index (κ2) is 6.67. The Morgan fingerprint density at radius 1 is 1.42 bits per heavy atom. The second-order valence-corrected chi connectivity index (χ2v) is 6.58.